The third-order valence-electron chi connectivity index (χ3n) is 8.77. The van der Waals surface area contributed by atoms with Crippen molar-refractivity contribution in [3.05, 3.63) is 64.2 Å². The predicted octanol–water partition coefficient (Wildman–Crippen LogP) is 7.56. The lowest BCUT2D eigenvalue weighted by atomic mass is 9.48. The standard InChI is InChI=1S/C30H42O2/c1-19(2)23-17-24-21(15-20-9-11-22(12-10-20)29(5,6)32)16-27-28(3,4)13-8-14-30(27,7)25(24)18-26(23)31/h9-12,17-19,21,27,31-32H,8,13-16H2,1-7H3/t21-,27+,30-/m1/s1. The second kappa shape index (κ2) is 7.90. The summed E-state index contributed by atoms with van der Waals surface area (Å²) in [7, 11) is 0. The Morgan fingerprint density at radius 1 is 1.03 bits per heavy atom. The molecule has 0 heterocycles. The van der Waals surface area contributed by atoms with Gasteiger partial charge in [-0.15, -0.1) is 0 Å². The van der Waals surface area contributed by atoms with E-state index in [1.165, 1.54) is 42.4 Å². The maximum Gasteiger partial charge on any atom is 0.119 e. The smallest absolute Gasteiger partial charge is 0.119 e. The van der Waals surface area contributed by atoms with Crippen molar-refractivity contribution in [2.24, 2.45) is 11.3 Å². The molecule has 3 atom stereocenters. The SMILES string of the molecule is CC(C)c1cc2c(cc1O)[C@@]1(C)CCCC(C)(C)[C@@H]1C[C@H]2Cc1ccc(C(C)(C)O)cc1. The average molecular weight is 435 g/mol. The highest BCUT2D eigenvalue weighted by Gasteiger charge is 2.52. The quantitative estimate of drug-likeness (QED) is 0.521. The first kappa shape index (κ1) is 23.4. The molecule has 4 rings (SSSR count). The van der Waals surface area contributed by atoms with Crippen LogP contribution in [0.4, 0.5) is 0 Å². The Morgan fingerprint density at radius 2 is 1.69 bits per heavy atom. The van der Waals surface area contributed by atoms with Crippen molar-refractivity contribution in [1.82, 2.24) is 0 Å². The Bertz CT molecular complexity index is 977. The van der Waals surface area contributed by atoms with Gasteiger partial charge in [-0.1, -0.05) is 71.4 Å². The second-order valence-electron chi connectivity index (χ2n) is 12.4. The lowest BCUT2D eigenvalue weighted by Crippen LogP contribution is -2.49. The van der Waals surface area contributed by atoms with E-state index in [1.54, 1.807) is 0 Å². The van der Waals surface area contributed by atoms with E-state index in [0.29, 0.717) is 28.9 Å². The van der Waals surface area contributed by atoms with E-state index in [0.717, 1.165) is 17.5 Å². The Hall–Kier alpha value is -1.80. The van der Waals surface area contributed by atoms with Gasteiger partial charge in [-0.3, -0.25) is 0 Å². The highest BCUT2D eigenvalue weighted by molar-refractivity contribution is 5.51. The molecule has 2 N–H and O–H groups in total. The number of hydrogen-bond donors (Lipinski definition) is 2. The van der Waals surface area contributed by atoms with E-state index >= 15 is 0 Å². The highest BCUT2D eigenvalue weighted by Crippen LogP contribution is 2.60. The largest absolute Gasteiger partial charge is 0.508 e. The maximum atomic E-state index is 10.9. The van der Waals surface area contributed by atoms with Crippen LogP contribution in [-0.2, 0) is 17.4 Å². The molecule has 0 aromatic heterocycles. The van der Waals surface area contributed by atoms with Gasteiger partial charge in [0.15, 0.2) is 0 Å². The van der Waals surface area contributed by atoms with Gasteiger partial charge < -0.3 is 10.2 Å². The van der Waals surface area contributed by atoms with Gasteiger partial charge in [-0.25, -0.2) is 0 Å². The summed E-state index contributed by atoms with van der Waals surface area (Å²) in [6.45, 7) is 15.4. The van der Waals surface area contributed by atoms with Crippen molar-refractivity contribution in [3.63, 3.8) is 0 Å². The summed E-state index contributed by atoms with van der Waals surface area (Å²) in [6.07, 6.45) is 5.96. The van der Waals surface area contributed by atoms with E-state index in [4.69, 9.17) is 0 Å². The summed E-state index contributed by atoms with van der Waals surface area (Å²) in [5.41, 5.74) is 5.82. The van der Waals surface area contributed by atoms with Gasteiger partial charge >= 0.3 is 0 Å². The molecule has 2 aromatic carbocycles. The molecule has 2 aromatic rings. The number of fused-ring (bicyclic) bond motifs is 3. The monoisotopic (exact) mass is 434 g/mol. The molecule has 32 heavy (non-hydrogen) atoms. The minimum atomic E-state index is -0.812. The zero-order valence-corrected chi connectivity index (χ0v) is 21.1. The van der Waals surface area contributed by atoms with Crippen LogP contribution >= 0.6 is 0 Å². The zero-order valence-electron chi connectivity index (χ0n) is 21.1. The summed E-state index contributed by atoms with van der Waals surface area (Å²) in [4.78, 5) is 0. The van der Waals surface area contributed by atoms with E-state index in [9.17, 15) is 10.2 Å². The fraction of sp³-hybridized carbons (Fsp3) is 0.600. The molecule has 1 saturated carbocycles. The van der Waals surface area contributed by atoms with Crippen LogP contribution < -0.4 is 0 Å². The minimum Gasteiger partial charge on any atom is -0.508 e. The molecule has 174 valence electrons. The molecule has 0 saturated heterocycles. The van der Waals surface area contributed by atoms with Crippen molar-refractivity contribution >= 4 is 0 Å². The van der Waals surface area contributed by atoms with E-state index < -0.39 is 5.60 Å². The van der Waals surface area contributed by atoms with Crippen molar-refractivity contribution < 1.29 is 10.2 Å². The fourth-order valence-corrected chi connectivity index (χ4v) is 6.88. The number of hydrogen-bond acceptors (Lipinski definition) is 2. The van der Waals surface area contributed by atoms with Gasteiger partial charge in [0.05, 0.1) is 5.60 Å². The van der Waals surface area contributed by atoms with Gasteiger partial charge in [0.25, 0.3) is 0 Å². The normalized spacial score (nSPS) is 27.2. The molecule has 0 aliphatic heterocycles. The van der Waals surface area contributed by atoms with Crippen molar-refractivity contribution in [3.8, 4) is 5.75 Å². The number of benzene rings is 2. The highest BCUT2D eigenvalue weighted by atomic mass is 16.3. The van der Waals surface area contributed by atoms with Crippen LogP contribution in [0, 0.1) is 11.3 Å². The van der Waals surface area contributed by atoms with Crippen LogP contribution in [0.25, 0.3) is 0 Å². The molecule has 2 heteroatoms. The fourth-order valence-electron chi connectivity index (χ4n) is 6.88. The van der Waals surface area contributed by atoms with Crippen LogP contribution in [-0.4, -0.2) is 10.2 Å². The summed E-state index contributed by atoms with van der Waals surface area (Å²) in [5, 5.41) is 21.3. The van der Waals surface area contributed by atoms with Crippen molar-refractivity contribution in [2.75, 3.05) is 0 Å². The summed E-state index contributed by atoms with van der Waals surface area (Å²) < 4.78 is 0. The lowest BCUT2D eigenvalue weighted by Gasteiger charge is -2.56. The van der Waals surface area contributed by atoms with Crippen molar-refractivity contribution in [1.29, 1.82) is 0 Å². The van der Waals surface area contributed by atoms with Gasteiger partial charge in [-0.2, -0.15) is 0 Å². The summed E-state index contributed by atoms with van der Waals surface area (Å²) >= 11 is 0. The van der Waals surface area contributed by atoms with E-state index in [1.807, 2.05) is 13.8 Å². The maximum absolute atomic E-state index is 10.9. The van der Waals surface area contributed by atoms with E-state index in [-0.39, 0.29) is 5.41 Å². The van der Waals surface area contributed by atoms with Gasteiger partial charge in [0.1, 0.15) is 5.75 Å². The molecule has 0 bridgehead atoms. The summed E-state index contributed by atoms with van der Waals surface area (Å²) in [5.74, 6) is 1.84. The van der Waals surface area contributed by atoms with Crippen LogP contribution in [0.5, 0.6) is 5.75 Å². The number of aliphatic hydroxyl groups is 1. The van der Waals surface area contributed by atoms with Gasteiger partial charge in [-0.05, 0) is 102 Å². The lowest BCUT2D eigenvalue weighted by molar-refractivity contribution is 0.0324. The summed E-state index contributed by atoms with van der Waals surface area (Å²) in [6, 6.07) is 13.0. The topological polar surface area (TPSA) is 40.5 Å². The molecule has 0 amide bonds. The predicted molar refractivity (Wildman–Crippen MR) is 133 cm³/mol. The molecular formula is C30H42O2. The average Bonchev–Trinajstić information content (AvgIpc) is 2.68. The molecule has 2 nitrogen and oxygen atoms in total. The van der Waals surface area contributed by atoms with Crippen molar-refractivity contribution in [2.45, 2.75) is 103 Å². The number of rotatable bonds is 4. The number of aromatic hydroxyl groups is 1. The van der Waals surface area contributed by atoms with Gasteiger partial charge in [0.2, 0.25) is 0 Å². The number of phenols is 1. The molecule has 1 fully saturated rings. The molecule has 2 aliphatic carbocycles. The van der Waals surface area contributed by atoms with E-state index in [2.05, 4.69) is 71.0 Å². The Kier molecular flexibility index (Phi) is 5.77. The third kappa shape index (κ3) is 4.00. The van der Waals surface area contributed by atoms with Gasteiger partial charge in [0, 0.05) is 0 Å². The molecule has 0 spiro atoms. The second-order valence-corrected chi connectivity index (χ2v) is 12.4. The van der Waals surface area contributed by atoms with Crippen LogP contribution in [0.1, 0.15) is 114 Å². The molecular weight excluding hydrogens is 392 g/mol. The first-order valence-corrected chi connectivity index (χ1v) is 12.5. The Balaban J connectivity index is 1.79. The first-order valence-electron chi connectivity index (χ1n) is 12.5. The van der Waals surface area contributed by atoms with Crippen LogP contribution in [0.3, 0.4) is 0 Å². The molecule has 2 aliphatic rings. The number of phenolic OH excluding ortho intramolecular Hbond substituents is 1. The minimum absolute atomic E-state index is 0.130. The first-order chi connectivity index (χ1) is 14.8. The molecule has 0 unspecified atom stereocenters. The zero-order chi connectivity index (χ0) is 23.5. The molecule has 0 radical (unpaired) electrons. The third-order valence-corrected chi connectivity index (χ3v) is 8.77. The Labute approximate surface area is 195 Å². The van der Waals surface area contributed by atoms with Crippen LogP contribution in [0.15, 0.2) is 36.4 Å². The van der Waals surface area contributed by atoms with Crippen LogP contribution in [0.2, 0.25) is 0 Å². The Morgan fingerprint density at radius 3 is 2.28 bits per heavy atom.